The molecule has 2 aromatic rings. The van der Waals surface area contributed by atoms with E-state index >= 15 is 0 Å². The van der Waals surface area contributed by atoms with Gasteiger partial charge in [0, 0.05) is 11.8 Å². The Morgan fingerprint density at radius 2 is 1.88 bits per heavy atom. The minimum atomic E-state index is -1.06. The second-order valence-electron chi connectivity index (χ2n) is 3.22. The molecule has 0 aliphatic rings. The summed E-state index contributed by atoms with van der Waals surface area (Å²) in [5.41, 5.74) is 0.762. The average molecular weight is 215 g/mol. The maximum atomic E-state index is 11.0. The molecule has 2 rings (SSSR count). The molecule has 0 fully saturated rings. The van der Waals surface area contributed by atoms with Gasteiger partial charge in [-0.15, -0.1) is 0 Å². The van der Waals surface area contributed by atoms with Crippen LogP contribution in [0.15, 0.2) is 42.6 Å². The number of phenolic OH excluding ortho intramolecular Hbond substituents is 1. The Labute approximate surface area is 91.8 Å². The molecule has 0 aliphatic carbocycles. The van der Waals surface area contributed by atoms with Crippen LogP contribution in [0.25, 0.3) is 11.3 Å². The van der Waals surface area contributed by atoms with Crippen LogP contribution in [0, 0.1) is 0 Å². The van der Waals surface area contributed by atoms with Crippen LogP contribution in [0.5, 0.6) is 5.75 Å². The van der Waals surface area contributed by atoms with Gasteiger partial charge in [0.25, 0.3) is 0 Å². The Hall–Kier alpha value is -2.36. The summed E-state index contributed by atoms with van der Waals surface area (Å²) in [5.74, 6) is -1.05. The molecule has 0 aliphatic heterocycles. The predicted molar refractivity (Wildman–Crippen MR) is 58.3 cm³/mol. The van der Waals surface area contributed by atoms with Gasteiger partial charge in [-0.1, -0.05) is 12.1 Å². The highest BCUT2D eigenvalue weighted by Crippen LogP contribution is 2.29. The number of carbonyl (C=O) groups is 1. The van der Waals surface area contributed by atoms with Gasteiger partial charge in [-0.3, -0.25) is 4.98 Å². The van der Waals surface area contributed by atoms with Crippen LogP contribution in [0.4, 0.5) is 0 Å². The summed E-state index contributed by atoms with van der Waals surface area (Å²) in [4.78, 5) is 15.0. The zero-order chi connectivity index (χ0) is 11.5. The van der Waals surface area contributed by atoms with Crippen LogP contribution in [-0.2, 0) is 0 Å². The van der Waals surface area contributed by atoms with Crippen LogP contribution >= 0.6 is 0 Å². The largest absolute Gasteiger partial charge is 0.507 e. The summed E-state index contributed by atoms with van der Waals surface area (Å²) >= 11 is 0. The van der Waals surface area contributed by atoms with Gasteiger partial charge in [0.05, 0.1) is 11.3 Å². The zero-order valence-corrected chi connectivity index (χ0v) is 8.29. The molecule has 4 nitrogen and oxygen atoms in total. The summed E-state index contributed by atoms with van der Waals surface area (Å²) in [6, 6.07) is 9.52. The fourth-order valence-electron chi connectivity index (χ4n) is 1.47. The average Bonchev–Trinajstić information content (AvgIpc) is 2.29. The summed E-state index contributed by atoms with van der Waals surface area (Å²) in [6.45, 7) is 0. The van der Waals surface area contributed by atoms with Gasteiger partial charge in [0.15, 0.2) is 0 Å². The highest BCUT2D eigenvalue weighted by atomic mass is 16.4. The van der Waals surface area contributed by atoms with Crippen molar-refractivity contribution >= 4 is 5.97 Å². The lowest BCUT2D eigenvalue weighted by Crippen LogP contribution is -2.01. The number of aromatic nitrogens is 1. The van der Waals surface area contributed by atoms with E-state index in [0.717, 1.165) is 0 Å². The van der Waals surface area contributed by atoms with Crippen molar-refractivity contribution in [1.29, 1.82) is 0 Å². The Bertz CT molecular complexity index is 537. The number of aromatic hydroxyl groups is 1. The third kappa shape index (κ3) is 1.72. The number of carboxylic acid groups (broad SMARTS) is 1. The molecule has 80 valence electrons. The molecule has 0 atom stereocenters. The summed E-state index contributed by atoms with van der Waals surface area (Å²) in [5, 5.41) is 18.6. The molecule has 4 heteroatoms. The van der Waals surface area contributed by atoms with Crippen molar-refractivity contribution in [2.24, 2.45) is 0 Å². The number of phenols is 1. The van der Waals surface area contributed by atoms with Gasteiger partial charge in [-0.2, -0.15) is 0 Å². The third-order valence-electron chi connectivity index (χ3n) is 2.20. The zero-order valence-electron chi connectivity index (χ0n) is 8.29. The molecule has 1 aromatic carbocycles. The highest BCUT2D eigenvalue weighted by molar-refractivity contribution is 5.95. The molecule has 0 saturated heterocycles. The molecular weight excluding hydrogens is 206 g/mol. The topological polar surface area (TPSA) is 70.4 Å². The van der Waals surface area contributed by atoms with Crippen molar-refractivity contribution in [2.75, 3.05) is 0 Å². The van der Waals surface area contributed by atoms with E-state index in [9.17, 15) is 9.90 Å². The molecule has 0 saturated carbocycles. The molecule has 16 heavy (non-hydrogen) atoms. The lowest BCUT2D eigenvalue weighted by Gasteiger charge is -2.06. The number of carboxylic acids is 1. The lowest BCUT2D eigenvalue weighted by atomic mass is 10.1. The molecule has 1 heterocycles. The summed E-state index contributed by atoms with van der Waals surface area (Å²) in [7, 11) is 0. The van der Waals surface area contributed by atoms with Crippen molar-refractivity contribution in [2.45, 2.75) is 0 Å². The quantitative estimate of drug-likeness (QED) is 0.805. The van der Waals surface area contributed by atoms with Gasteiger partial charge in [-0.25, -0.2) is 4.79 Å². The summed E-state index contributed by atoms with van der Waals surface area (Å²) in [6.07, 6.45) is 1.49. The fourth-order valence-corrected chi connectivity index (χ4v) is 1.47. The second-order valence-corrected chi connectivity index (χ2v) is 3.22. The highest BCUT2D eigenvalue weighted by Gasteiger charge is 2.14. The number of rotatable bonds is 2. The first-order valence-electron chi connectivity index (χ1n) is 4.67. The first-order valence-corrected chi connectivity index (χ1v) is 4.67. The SMILES string of the molecule is O=C(O)c1cccnc1-c1ccccc1O. The molecule has 0 spiro atoms. The van der Waals surface area contributed by atoms with Crippen LogP contribution < -0.4 is 0 Å². The van der Waals surface area contributed by atoms with E-state index in [4.69, 9.17) is 5.11 Å². The predicted octanol–water partition coefficient (Wildman–Crippen LogP) is 2.15. The maximum absolute atomic E-state index is 11.0. The third-order valence-corrected chi connectivity index (χ3v) is 2.20. The first-order chi connectivity index (χ1) is 7.70. The van der Waals surface area contributed by atoms with Gasteiger partial charge >= 0.3 is 5.97 Å². The van der Waals surface area contributed by atoms with E-state index in [0.29, 0.717) is 5.56 Å². The smallest absolute Gasteiger partial charge is 0.337 e. The van der Waals surface area contributed by atoms with Gasteiger partial charge in [0.2, 0.25) is 0 Å². The number of pyridine rings is 1. The molecule has 0 unspecified atom stereocenters. The van der Waals surface area contributed by atoms with Crippen LogP contribution in [0.1, 0.15) is 10.4 Å². The normalized spacial score (nSPS) is 10.0. The lowest BCUT2D eigenvalue weighted by molar-refractivity contribution is 0.0697. The van der Waals surface area contributed by atoms with E-state index < -0.39 is 5.97 Å². The molecule has 2 N–H and O–H groups in total. The number of hydrogen-bond acceptors (Lipinski definition) is 3. The van der Waals surface area contributed by atoms with Crippen molar-refractivity contribution in [1.82, 2.24) is 4.98 Å². The summed E-state index contributed by atoms with van der Waals surface area (Å²) < 4.78 is 0. The molecular formula is C12H9NO3. The Balaban J connectivity index is 2.65. The Morgan fingerprint density at radius 3 is 2.56 bits per heavy atom. The molecule has 1 aromatic heterocycles. The molecule has 0 radical (unpaired) electrons. The number of hydrogen-bond donors (Lipinski definition) is 2. The van der Waals surface area contributed by atoms with Crippen LogP contribution in [-0.4, -0.2) is 21.2 Å². The van der Waals surface area contributed by atoms with Crippen LogP contribution in [0.3, 0.4) is 0 Å². The second kappa shape index (κ2) is 4.02. The minimum Gasteiger partial charge on any atom is -0.507 e. The van der Waals surface area contributed by atoms with Crippen molar-refractivity contribution in [3.63, 3.8) is 0 Å². The molecule has 0 amide bonds. The number of benzene rings is 1. The van der Waals surface area contributed by atoms with E-state index in [1.54, 1.807) is 24.3 Å². The molecule has 0 bridgehead atoms. The maximum Gasteiger partial charge on any atom is 0.337 e. The Morgan fingerprint density at radius 1 is 1.12 bits per heavy atom. The Kier molecular flexibility index (Phi) is 2.55. The van der Waals surface area contributed by atoms with E-state index in [1.165, 1.54) is 18.3 Å². The van der Waals surface area contributed by atoms with Crippen LogP contribution in [0.2, 0.25) is 0 Å². The number of nitrogens with zero attached hydrogens (tertiary/aromatic N) is 1. The fraction of sp³-hybridized carbons (Fsp3) is 0. The minimum absolute atomic E-state index is 0.0173. The standard InChI is InChI=1S/C12H9NO3/c14-10-6-2-1-4-8(10)11-9(12(15)16)5-3-7-13-11/h1-7,14H,(H,15,16). The van der Waals surface area contributed by atoms with Crippen molar-refractivity contribution in [3.8, 4) is 17.0 Å². The monoisotopic (exact) mass is 215 g/mol. The van der Waals surface area contributed by atoms with Crippen molar-refractivity contribution in [3.05, 3.63) is 48.2 Å². The van der Waals surface area contributed by atoms with Gasteiger partial charge < -0.3 is 10.2 Å². The number of para-hydroxylation sites is 1. The van der Waals surface area contributed by atoms with E-state index in [-0.39, 0.29) is 17.0 Å². The van der Waals surface area contributed by atoms with Crippen molar-refractivity contribution < 1.29 is 15.0 Å². The number of aromatic carboxylic acids is 1. The van der Waals surface area contributed by atoms with Gasteiger partial charge in [-0.05, 0) is 24.3 Å². The first kappa shape index (κ1) is 10.2. The van der Waals surface area contributed by atoms with Gasteiger partial charge in [0.1, 0.15) is 5.75 Å². The van der Waals surface area contributed by atoms with E-state index in [1.807, 2.05) is 0 Å². The van der Waals surface area contributed by atoms with E-state index in [2.05, 4.69) is 4.98 Å².